The summed E-state index contributed by atoms with van der Waals surface area (Å²) in [6.45, 7) is 1.98. The molecular formula is C21H27N3O. The van der Waals surface area contributed by atoms with Crippen LogP contribution < -0.4 is 0 Å². The molecule has 4 nitrogen and oxygen atoms in total. The number of rotatable bonds is 1. The fraction of sp³-hybridized carbons (Fsp3) is 0.571. The minimum atomic E-state index is 0.247. The van der Waals surface area contributed by atoms with Crippen LogP contribution in [-0.4, -0.2) is 46.0 Å². The highest BCUT2D eigenvalue weighted by Crippen LogP contribution is 2.38. The summed E-state index contributed by atoms with van der Waals surface area (Å²) in [6, 6.07) is 7.19. The summed E-state index contributed by atoms with van der Waals surface area (Å²) in [7, 11) is 4.36. The van der Waals surface area contributed by atoms with Crippen molar-refractivity contribution in [1.29, 1.82) is 0 Å². The third kappa shape index (κ3) is 2.34. The molecule has 25 heavy (non-hydrogen) atoms. The Balaban J connectivity index is 1.52. The Labute approximate surface area is 149 Å². The molecule has 3 aliphatic rings. The predicted molar refractivity (Wildman–Crippen MR) is 99.6 cm³/mol. The number of aromatic nitrogens is 1. The maximum Gasteiger partial charge on any atom is 0.255 e. The molecule has 0 aliphatic carbocycles. The maximum atomic E-state index is 13.3. The first-order chi connectivity index (χ1) is 12.1. The second-order valence-electron chi connectivity index (χ2n) is 8.41. The number of nitrogens with zero attached hydrogens (tertiary/aromatic N) is 3. The number of hydrogen-bond donors (Lipinski definition) is 0. The summed E-state index contributed by atoms with van der Waals surface area (Å²) in [5.74, 6) is 0.986. The number of fused-ring (bicyclic) bond motifs is 3. The molecule has 4 heterocycles. The van der Waals surface area contributed by atoms with E-state index in [2.05, 4.69) is 40.7 Å². The van der Waals surface area contributed by atoms with Crippen molar-refractivity contribution in [3.63, 3.8) is 0 Å². The van der Waals surface area contributed by atoms with E-state index in [4.69, 9.17) is 0 Å². The van der Waals surface area contributed by atoms with E-state index >= 15 is 0 Å². The van der Waals surface area contributed by atoms with Crippen LogP contribution in [-0.2, 0) is 13.6 Å². The van der Waals surface area contributed by atoms with Gasteiger partial charge in [0.25, 0.3) is 5.91 Å². The molecule has 3 unspecified atom stereocenters. The number of hydrogen-bond acceptors (Lipinski definition) is 2. The zero-order valence-corrected chi connectivity index (χ0v) is 15.2. The molecular weight excluding hydrogens is 310 g/mol. The highest BCUT2D eigenvalue weighted by atomic mass is 16.2. The van der Waals surface area contributed by atoms with Gasteiger partial charge in [0, 0.05) is 54.9 Å². The molecule has 1 aromatic heterocycles. The summed E-state index contributed by atoms with van der Waals surface area (Å²) in [6.07, 6.45) is 8.49. The Morgan fingerprint density at radius 1 is 1.08 bits per heavy atom. The first kappa shape index (κ1) is 15.4. The van der Waals surface area contributed by atoms with E-state index in [-0.39, 0.29) is 5.91 Å². The molecule has 0 radical (unpaired) electrons. The Kier molecular flexibility index (Phi) is 3.46. The number of aryl methyl sites for hydroxylation is 1. The van der Waals surface area contributed by atoms with Gasteiger partial charge in [0.1, 0.15) is 0 Å². The Bertz CT molecular complexity index is 839. The highest BCUT2D eigenvalue weighted by Gasteiger charge is 2.38. The molecule has 3 aliphatic heterocycles. The molecule has 132 valence electrons. The smallest absolute Gasteiger partial charge is 0.255 e. The third-order valence-electron chi connectivity index (χ3n) is 6.83. The first-order valence-electron chi connectivity index (χ1n) is 9.70. The number of carbonyl (C=O) groups is 1. The summed E-state index contributed by atoms with van der Waals surface area (Å²) in [5.41, 5.74) is 3.40. The van der Waals surface area contributed by atoms with Crippen LogP contribution in [0.1, 0.15) is 48.0 Å². The number of carbonyl (C=O) groups excluding carboxylic acids is 1. The second-order valence-corrected chi connectivity index (χ2v) is 8.41. The minimum Gasteiger partial charge on any atom is -0.350 e. The van der Waals surface area contributed by atoms with Crippen LogP contribution in [0.25, 0.3) is 10.9 Å². The van der Waals surface area contributed by atoms with Gasteiger partial charge in [-0.2, -0.15) is 0 Å². The van der Waals surface area contributed by atoms with Crippen molar-refractivity contribution < 1.29 is 4.79 Å². The molecule has 1 amide bonds. The van der Waals surface area contributed by atoms with Gasteiger partial charge >= 0.3 is 0 Å². The topological polar surface area (TPSA) is 28.5 Å². The van der Waals surface area contributed by atoms with Gasteiger partial charge in [0.15, 0.2) is 0 Å². The van der Waals surface area contributed by atoms with E-state index in [1.807, 2.05) is 12.1 Å². The van der Waals surface area contributed by atoms with E-state index in [0.29, 0.717) is 12.1 Å². The van der Waals surface area contributed by atoms with Gasteiger partial charge in [0.2, 0.25) is 0 Å². The van der Waals surface area contributed by atoms with Crippen LogP contribution in [0.3, 0.4) is 0 Å². The van der Waals surface area contributed by atoms with Crippen LogP contribution in [0, 0.1) is 5.92 Å². The first-order valence-corrected chi connectivity index (χ1v) is 9.70. The number of amides is 1. The molecule has 1 aromatic carbocycles. The van der Waals surface area contributed by atoms with Crippen LogP contribution in [0.15, 0.2) is 24.4 Å². The number of benzene rings is 1. The van der Waals surface area contributed by atoms with Crippen molar-refractivity contribution in [3.05, 3.63) is 35.5 Å². The fourth-order valence-corrected chi connectivity index (χ4v) is 5.59. The van der Waals surface area contributed by atoms with E-state index < -0.39 is 0 Å². The molecule has 0 spiro atoms. The second kappa shape index (κ2) is 5.60. The van der Waals surface area contributed by atoms with Crippen molar-refractivity contribution >= 4 is 16.8 Å². The van der Waals surface area contributed by atoms with Crippen molar-refractivity contribution in [2.45, 2.75) is 50.7 Å². The summed E-state index contributed by atoms with van der Waals surface area (Å²) in [5, 5.41) is 1.18. The van der Waals surface area contributed by atoms with E-state index in [0.717, 1.165) is 24.4 Å². The van der Waals surface area contributed by atoms with E-state index in [9.17, 15) is 4.79 Å². The highest BCUT2D eigenvalue weighted by molar-refractivity contribution is 6.09. The van der Waals surface area contributed by atoms with Crippen LogP contribution in [0.5, 0.6) is 0 Å². The largest absolute Gasteiger partial charge is 0.350 e. The van der Waals surface area contributed by atoms with Gasteiger partial charge in [0.05, 0.1) is 0 Å². The predicted octanol–water partition coefficient (Wildman–Crippen LogP) is 3.40. The van der Waals surface area contributed by atoms with Crippen molar-refractivity contribution in [2.75, 3.05) is 13.6 Å². The summed E-state index contributed by atoms with van der Waals surface area (Å²) in [4.78, 5) is 18.1. The molecule has 2 bridgehead atoms. The van der Waals surface area contributed by atoms with Gasteiger partial charge < -0.3 is 14.4 Å². The van der Waals surface area contributed by atoms with Crippen LogP contribution in [0.2, 0.25) is 0 Å². The molecule has 0 saturated carbocycles. The summed E-state index contributed by atoms with van der Waals surface area (Å²) >= 11 is 0. The zero-order valence-electron chi connectivity index (χ0n) is 15.2. The van der Waals surface area contributed by atoms with E-state index in [1.165, 1.54) is 48.7 Å². The van der Waals surface area contributed by atoms with Crippen molar-refractivity contribution in [3.8, 4) is 0 Å². The van der Waals surface area contributed by atoms with Gasteiger partial charge in [-0.1, -0.05) is 12.5 Å². The van der Waals surface area contributed by atoms with Crippen LogP contribution in [0.4, 0.5) is 0 Å². The standard InChI is InChI=1S/C21H27N3O/c1-22-11-14-5-3-6-16(22)10-17(9-14)24-13-15-12-23(2)19-8-4-7-18(20(15)19)21(24)25/h4,7-8,12,14,16-17H,3,5-6,9-11,13H2,1-2H3. The molecule has 4 heteroatoms. The Hall–Kier alpha value is -1.81. The molecule has 0 N–H and O–H groups in total. The van der Waals surface area contributed by atoms with Crippen LogP contribution >= 0.6 is 0 Å². The lowest BCUT2D eigenvalue weighted by Crippen LogP contribution is -2.44. The molecule has 2 aromatic rings. The van der Waals surface area contributed by atoms with Gasteiger partial charge in [-0.3, -0.25) is 4.79 Å². The third-order valence-corrected chi connectivity index (χ3v) is 6.83. The summed E-state index contributed by atoms with van der Waals surface area (Å²) < 4.78 is 2.17. The van der Waals surface area contributed by atoms with E-state index in [1.54, 1.807) is 0 Å². The lowest BCUT2D eigenvalue weighted by atomic mass is 9.87. The van der Waals surface area contributed by atoms with Gasteiger partial charge in [-0.05, 0) is 56.3 Å². The minimum absolute atomic E-state index is 0.247. The fourth-order valence-electron chi connectivity index (χ4n) is 5.59. The average Bonchev–Trinajstić information content (AvgIpc) is 2.71. The Morgan fingerprint density at radius 2 is 1.96 bits per heavy atom. The Morgan fingerprint density at radius 3 is 2.84 bits per heavy atom. The quantitative estimate of drug-likeness (QED) is 0.798. The van der Waals surface area contributed by atoms with Crippen molar-refractivity contribution in [2.24, 2.45) is 13.0 Å². The maximum absolute atomic E-state index is 13.3. The molecule has 5 rings (SSSR count). The monoisotopic (exact) mass is 337 g/mol. The SMILES string of the molecule is CN1CC2CCCC1CC(N1Cc3cn(C)c4cccc(c34)C1=O)C2. The molecule has 2 saturated heterocycles. The average molecular weight is 337 g/mol. The van der Waals surface area contributed by atoms with Crippen molar-refractivity contribution in [1.82, 2.24) is 14.4 Å². The normalized spacial score (nSPS) is 29.9. The van der Waals surface area contributed by atoms with Gasteiger partial charge in [-0.15, -0.1) is 0 Å². The van der Waals surface area contributed by atoms with Gasteiger partial charge in [-0.25, -0.2) is 0 Å². The zero-order chi connectivity index (χ0) is 17.1. The lowest BCUT2D eigenvalue weighted by molar-refractivity contribution is 0.0598. The lowest BCUT2D eigenvalue weighted by Gasteiger charge is -2.37. The molecule has 3 atom stereocenters. The molecule has 2 fully saturated rings.